The van der Waals surface area contributed by atoms with Crippen molar-refractivity contribution in [1.29, 1.82) is 0 Å². The van der Waals surface area contributed by atoms with E-state index in [0.29, 0.717) is 17.8 Å². The lowest BCUT2D eigenvalue weighted by Gasteiger charge is -2.42. The van der Waals surface area contributed by atoms with Gasteiger partial charge in [-0.05, 0) is 68.7 Å². The van der Waals surface area contributed by atoms with Gasteiger partial charge in [0.15, 0.2) is 0 Å². The first-order valence-corrected chi connectivity index (χ1v) is 11.9. The maximum absolute atomic E-state index is 15.6. The van der Waals surface area contributed by atoms with E-state index in [-0.39, 0.29) is 23.7 Å². The maximum atomic E-state index is 15.6. The van der Waals surface area contributed by atoms with Gasteiger partial charge in [0.25, 0.3) is 0 Å². The summed E-state index contributed by atoms with van der Waals surface area (Å²) < 4.78 is 52.3. The first-order valence-electron chi connectivity index (χ1n) is 11.9. The van der Waals surface area contributed by atoms with Gasteiger partial charge in [0, 0.05) is 46.9 Å². The lowest BCUT2D eigenvalue weighted by molar-refractivity contribution is -0.131. The number of nitrogens with one attached hydrogen (secondary N) is 1. The molecule has 0 aliphatic carbocycles. The first-order chi connectivity index (χ1) is 17.5. The van der Waals surface area contributed by atoms with Gasteiger partial charge in [0.05, 0.1) is 6.20 Å². The molecule has 6 nitrogen and oxygen atoms in total. The Balaban J connectivity index is 1.70. The minimum atomic E-state index is -1.64. The minimum Gasteiger partial charge on any atom is -0.478 e. The van der Waals surface area contributed by atoms with Gasteiger partial charge in [-0.1, -0.05) is 6.07 Å². The molecule has 3 heterocycles. The zero-order valence-corrected chi connectivity index (χ0v) is 20.6. The topological polar surface area (TPSA) is 82.4 Å². The summed E-state index contributed by atoms with van der Waals surface area (Å²) in [7, 11) is 0. The minimum absolute atomic E-state index is 0.0666. The molecule has 0 spiro atoms. The molecule has 0 unspecified atom stereocenters. The normalized spacial score (nSPS) is 18.5. The van der Waals surface area contributed by atoms with E-state index >= 15 is 8.78 Å². The van der Waals surface area contributed by atoms with Crippen LogP contribution in [0.3, 0.4) is 0 Å². The van der Waals surface area contributed by atoms with Gasteiger partial charge < -0.3 is 9.52 Å². The second-order valence-corrected chi connectivity index (χ2v) is 10.1. The molecule has 37 heavy (non-hydrogen) atoms. The Labute approximate surface area is 211 Å². The van der Waals surface area contributed by atoms with Gasteiger partial charge in [0.1, 0.15) is 34.7 Å². The summed E-state index contributed by atoms with van der Waals surface area (Å²) in [6, 6.07) is 6.55. The first kappa shape index (κ1) is 24.8. The van der Waals surface area contributed by atoms with E-state index in [2.05, 4.69) is 10.2 Å². The molecule has 0 amide bonds. The molecular weight excluding hydrogens is 483 g/mol. The zero-order valence-electron chi connectivity index (χ0n) is 20.6. The molecule has 192 valence electrons. The molecule has 5 rings (SSSR count). The van der Waals surface area contributed by atoms with Crippen LogP contribution in [0.15, 0.2) is 53.2 Å². The monoisotopic (exact) mass is 509 g/mol. The van der Waals surface area contributed by atoms with Crippen LogP contribution >= 0.6 is 0 Å². The molecule has 0 fully saturated rings. The van der Waals surface area contributed by atoms with Crippen LogP contribution in [0.4, 0.5) is 13.2 Å². The molecule has 0 saturated heterocycles. The highest BCUT2D eigenvalue weighted by atomic mass is 19.1. The summed E-state index contributed by atoms with van der Waals surface area (Å²) >= 11 is 0. The number of H-pyrrole nitrogens is 1. The number of carboxylic acid groups (broad SMARTS) is 1. The number of fused-ring (bicyclic) bond motifs is 3. The van der Waals surface area contributed by atoms with Crippen LogP contribution < -0.4 is 0 Å². The molecule has 0 radical (unpaired) electrons. The maximum Gasteiger partial charge on any atom is 0.328 e. The largest absolute Gasteiger partial charge is 0.478 e. The van der Waals surface area contributed by atoms with E-state index in [1.165, 1.54) is 13.8 Å². The molecule has 1 aliphatic heterocycles. The Kier molecular flexibility index (Phi) is 6.19. The number of halogens is 3. The third-order valence-corrected chi connectivity index (χ3v) is 6.65. The third-order valence-electron chi connectivity index (χ3n) is 6.65. The second kappa shape index (κ2) is 9.23. The van der Waals surface area contributed by atoms with Crippen LogP contribution in [-0.2, 0) is 11.2 Å². The quantitative estimate of drug-likeness (QED) is 0.299. The zero-order chi connectivity index (χ0) is 26.5. The fourth-order valence-electron chi connectivity index (χ4n) is 5.11. The van der Waals surface area contributed by atoms with Gasteiger partial charge in [-0.15, -0.1) is 0 Å². The lowest BCUT2D eigenvalue weighted by Crippen LogP contribution is -2.48. The van der Waals surface area contributed by atoms with E-state index < -0.39 is 29.3 Å². The molecule has 2 atom stereocenters. The average molecular weight is 510 g/mol. The highest BCUT2D eigenvalue weighted by Gasteiger charge is 2.42. The standard InChI is InChI=1S/C28H26F3N3O3/c1-15-8-20-19-11-17(18-12-32-33-13-18)5-6-23(19)37-27(20)26(34(15)14-28(2,3)31)25-21(29)9-16(10-22(25)30)4-7-24(35)36/h4-7,9-13,15,26H,8,14H2,1-3H3,(H,32,33)(H,35,36)/b7-4+/t15-,26-/m0/s1. The molecular formula is C28H26F3N3O3. The summed E-state index contributed by atoms with van der Waals surface area (Å²) in [5.74, 6) is -2.59. The molecule has 2 aromatic carbocycles. The summed E-state index contributed by atoms with van der Waals surface area (Å²) in [5, 5.41) is 16.5. The van der Waals surface area contributed by atoms with Crippen LogP contribution in [0.5, 0.6) is 0 Å². The number of aliphatic carboxylic acids is 1. The van der Waals surface area contributed by atoms with Crippen molar-refractivity contribution in [2.75, 3.05) is 6.54 Å². The molecule has 0 bridgehead atoms. The van der Waals surface area contributed by atoms with Crippen molar-refractivity contribution in [1.82, 2.24) is 15.1 Å². The van der Waals surface area contributed by atoms with Crippen molar-refractivity contribution >= 4 is 23.0 Å². The third kappa shape index (κ3) is 4.79. The number of aromatic nitrogens is 2. The van der Waals surface area contributed by atoms with Gasteiger partial charge in [-0.25, -0.2) is 18.0 Å². The lowest BCUT2D eigenvalue weighted by atomic mass is 9.87. The van der Waals surface area contributed by atoms with Crippen molar-refractivity contribution in [3.05, 3.63) is 82.9 Å². The van der Waals surface area contributed by atoms with Gasteiger partial charge in [-0.2, -0.15) is 5.10 Å². The van der Waals surface area contributed by atoms with Crippen LogP contribution in [0.25, 0.3) is 28.2 Å². The Hall–Kier alpha value is -3.85. The van der Waals surface area contributed by atoms with Gasteiger partial charge >= 0.3 is 5.97 Å². The Morgan fingerprint density at radius 1 is 1.24 bits per heavy atom. The number of furan rings is 1. The Morgan fingerprint density at radius 3 is 2.59 bits per heavy atom. The number of hydrogen-bond donors (Lipinski definition) is 2. The van der Waals surface area contributed by atoms with Crippen LogP contribution in [0.1, 0.15) is 49.3 Å². The van der Waals surface area contributed by atoms with Crippen molar-refractivity contribution in [2.24, 2.45) is 0 Å². The number of rotatable bonds is 6. The fraction of sp³-hybridized carbons (Fsp3) is 0.286. The smallest absolute Gasteiger partial charge is 0.328 e. The van der Waals surface area contributed by atoms with Gasteiger partial charge in [-0.3, -0.25) is 10.00 Å². The van der Waals surface area contributed by atoms with E-state index in [1.54, 1.807) is 17.3 Å². The molecule has 0 saturated carbocycles. The molecule has 4 aromatic rings. The predicted molar refractivity (Wildman–Crippen MR) is 134 cm³/mol. The average Bonchev–Trinajstić information content (AvgIpc) is 3.46. The highest BCUT2D eigenvalue weighted by molar-refractivity contribution is 5.88. The van der Waals surface area contributed by atoms with E-state index in [1.807, 2.05) is 25.1 Å². The number of hydrogen-bond acceptors (Lipinski definition) is 4. The molecule has 2 N–H and O–H groups in total. The van der Waals surface area contributed by atoms with Crippen molar-refractivity contribution in [3.63, 3.8) is 0 Å². The van der Waals surface area contributed by atoms with E-state index in [0.717, 1.165) is 46.4 Å². The predicted octanol–water partition coefficient (Wildman–Crippen LogP) is 6.28. The number of alkyl halides is 1. The van der Waals surface area contributed by atoms with Gasteiger partial charge in [0.2, 0.25) is 0 Å². The molecule has 1 aliphatic rings. The SMILES string of the molecule is C[C@H]1Cc2c(oc3ccc(-c4cn[nH]c4)cc23)[C@H](c2c(F)cc(/C=C/C(=O)O)cc2F)N1CC(C)(C)F. The number of carboxylic acids is 1. The number of carbonyl (C=O) groups is 1. The summed E-state index contributed by atoms with van der Waals surface area (Å²) in [5.41, 5.74) is 1.35. The van der Waals surface area contributed by atoms with Crippen LogP contribution in [0.2, 0.25) is 0 Å². The number of nitrogens with zero attached hydrogens (tertiary/aromatic N) is 2. The Morgan fingerprint density at radius 2 is 1.97 bits per heavy atom. The second-order valence-electron chi connectivity index (χ2n) is 10.1. The van der Waals surface area contributed by atoms with E-state index in [4.69, 9.17) is 9.52 Å². The van der Waals surface area contributed by atoms with Crippen molar-refractivity contribution in [2.45, 2.75) is 44.9 Å². The highest BCUT2D eigenvalue weighted by Crippen LogP contribution is 2.45. The van der Waals surface area contributed by atoms with Crippen molar-refractivity contribution < 1.29 is 27.5 Å². The number of benzene rings is 2. The van der Waals surface area contributed by atoms with Crippen LogP contribution in [0, 0.1) is 11.6 Å². The van der Waals surface area contributed by atoms with Crippen molar-refractivity contribution in [3.8, 4) is 11.1 Å². The van der Waals surface area contributed by atoms with E-state index in [9.17, 15) is 9.18 Å². The fourth-order valence-corrected chi connectivity index (χ4v) is 5.11. The Bertz CT molecular complexity index is 1480. The summed E-state index contributed by atoms with van der Waals surface area (Å²) in [6.45, 7) is 4.68. The van der Waals surface area contributed by atoms with Crippen LogP contribution in [-0.4, -0.2) is 44.4 Å². The molecule has 9 heteroatoms. The number of aromatic amines is 1. The molecule has 2 aromatic heterocycles. The summed E-state index contributed by atoms with van der Waals surface area (Å²) in [6.07, 6.45) is 5.91. The summed E-state index contributed by atoms with van der Waals surface area (Å²) in [4.78, 5) is 12.6.